The van der Waals surface area contributed by atoms with Crippen LogP contribution in [0, 0.1) is 11.6 Å². The molecule has 5 aromatic carbocycles. The summed E-state index contributed by atoms with van der Waals surface area (Å²) in [6.07, 6.45) is 13.3. The molecule has 0 aliphatic heterocycles. The van der Waals surface area contributed by atoms with Gasteiger partial charge in [0.25, 0.3) is 11.8 Å². The van der Waals surface area contributed by atoms with Gasteiger partial charge in [-0.1, -0.05) is 134 Å². The maximum Gasteiger partial charge on any atom is 0.419 e. The Morgan fingerprint density at radius 2 is 1.22 bits per heavy atom. The van der Waals surface area contributed by atoms with E-state index in [1.807, 2.05) is 84.9 Å². The summed E-state index contributed by atoms with van der Waals surface area (Å²) in [5, 5.41) is 27.0. The highest BCUT2D eigenvalue weighted by molar-refractivity contribution is 6.31. The number of anilines is 2. The number of aromatic amines is 1. The van der Waals surface area contributed by atoms with E-state index in [2.05, 4.69) is 83.1 Å². The molecule has 0 saturated heterocycles. The number of ether oxygens (including phenoxy) is 2. The molecule has 20 nitrogen and oxygen atoms in total. The van der Waals surface area contributed by atoms with E-state index < -0.39 is 29.4 Å². The van der Waals surface area contributed by atoms with Crippen LogP contribution in [0.15, 0.2) is 171 Å². The van der Waals surface area contributed by atoms with Crippen LogP contribution in [0.1, 0.15) is 111 Å². The number of hydrogen-bond acceptors (Lipinski definition) is 12. The highest BCUT2D eigenvalue weighted by Gasteiger charge is 2.40. The van der Waals surface area contributed by atoms with Crippen molar-refractivity contribution in [1.29, 1.82) is 0 Å². The Hall–Kier alpha value is -9.77. The van der Waals surface area contributed by atoms with Gasteiger partial charge in [-0.3, -0.25) is 9.59 Å². The summed E-state index contributed by atoms with van der Waals surface area (Å²) >= 11 is 11.5. The molecule has 5 aromatic heterocycles. The van der Waals surface area contributed by atoms with Crippen molar-refractivity contribution in [3.8, 4) is 0 Å². The molecular formula is C62H62Cl2F2N14O6. The zero-order valence-electron chi connectivity index (χ0n) is 45.1. The molecule has 2 atom stereocenters. The lowest BCUT2D eigenvalue weighted by Crippen LogP contribution is -2.38. The number of carbonyl (C=O) groups is 4. The quantitative estimate of drug-likeness (QED) is 0.0676. The molecule has 3 amide bonds. The van der Waals surface area contributed by atoms with Gasteiger partial charge in [0.15, 0.2) is 0 Å². The second-order valence-electron chi connectivity index (χ2n) is 19.6. The topological polar surface area (TPSA) is 249 Å². The molecule has 444 valence electrons. The van der Waals surface area contributed by atoms with E-state index in [-0.39, 0.29) is 62.0 Å². The summed E-state index contributed by atoms with van der Waals surface area (Å²) in [7, 11) is 3.57. The zero-order valence-corrected chi connectivity index (χ0v) is 46.6. The van der Waals surface area contributed by atoms with Crippen molar-refractivity contribution in [3.63, 3.8) is 0 Å². The van der Waals surface area contributed by atoms with Gasteiger partial charge in [-0.05, 0) is 101 Å². The maximum atomic E-state index is 13.3. The minimum atomic E-state index is -0.761. The second kappa shape index (κ2) is 27.7. The van der Waals surface area contributed by atoms with Crippen molar-refractivity contribution in [2.24, 2.45) is 19.8 Å². The van der Waals surface area contributed by atoms with Gasteiger partial charge in [-0.2, -0.15) is 15.4 Å². The predicted molar refractivity (Wildman–Crippen MR) is 321 cm³/mol. The third kappa shape index (κ3) is 13.6. The predicted octanol–water partition coefficient (Wildman–Crippen LogP) is 11.9. The van der Waals surface area contributed by atoms with Crippen molar-refractivity contribution in [3.05, 3.63) is 254 Å². The summed E-state index contributed by atoms with van der Waals surface area (Å²) in [6.45, 7) is -0.00392. The number of carbonyl (C=O) groups excluding carboxylic acids is 4. The molecule has 0 radical (unpaired) electrons. The van der Waals surface area contributed by atoms with Gasteiger partial charge >= 0.3 is 12.2 Å². The summed E-state index contributed by atoms with van der Waals surface area (Å²) in [4.78, 5) is 53.4. The summed E-state index contributed by atoms with van der Waals surface area (Å²) in [5.74, 6) is -1.65. The number of hydrogen-bond donors (Lipinski definition) is 5. The third-order valence-corrected chi connectivity index (χ3v) is 14.8. The molecular weight excluding hydrogens is 1150 g/mol. The van der Waals surface area contributed by atoms with Gasteiger partial charge in [0.1, 0.15) is 59.5 Å². The van der Waals surface area contributed by atoms with Crippen LogP contribution in [0.4, 0.5) is 29.7 Å². The Morgan fingerprint density at radius 1 is 0.698 bits per heavy atom. The average Bonchev–Trinajstić information content (AvgIpc) is 1.26. The molecule has 5 heterocycles. The SMILES string of the molecule is C.C.Cn1cc2c(c1C(=O)Nc1ccc(F)c(Cl)c1)CCC2N.Cn1cc2c(c1C(=O)Nc1ccc(F)c(Cl)c1)CCC2NC(=O)OCc1cn[nH]n1.O=C(OCc1cn(C(c2ccccc2)(c2ccccc2)c2ccccc2)nn1)n1ccnc1. The fraction of sp³-hybridized carbons (Fsp3) is 0.210. The molecule has 86 heavy (non-hydrogen) atoms. The number of amides is 3. The van der Waals surface area contributed by atoms with Gasteiger partial charge in [0.2, 0.25) is 0 Å². The Morgan fingerprint density at radius 3 is 1.73 bits per heavy atom. The van der Waals surface area contributed by atoms with E-state index in [1.54, 1.807) is 16.2 Å². The van der Waals surface area contributed by atoms with Gasteiger partial charge in [-0.15, -0.1) is 5.10 Å². The van der Waals surface area contributed by atoms with Crippen molar-refractivity contribution in [1.82, 2.24) is 54.4 Å². The smallest absolute Gasteiger partial charge is 0.419 e. The van der Waals surface area contributed by atoms with E-state index in [0.717, 1.165) is 51.8 Å². The van der Waals surface area contributed by atoms with Crippen LogP contribution in [-0.4, -0.2) is 73.1 Å². The Labute approximate surface area is 504 Å². The van der Waals surface area contributed by atoms with E-state index in [0.29, 0.717) is 47.0 Å². The molecule has 0 fully saturated rings. The first-order chi connectivity index (χ1) is 40.7. The molecule has 0 saturated carbocycles. The molecule has 2 aliphatic carbocycles. The standard InChI is InChI=1S/C26H21N5O2.C19H18ClFN6O3.C15H15ClFN3O.2CH4/c32-25(30-17-16-27-20-30)33-19-24-18-31(29-28-24)26(21-10-4-1-5-11-21,22-12-6-2-7-13-22)23-14-8-3-9-15-23;1-27-8-13-12(17(27)18(28)23-10-2-4-15(21)14(20)6-10)3-5-16(13)24-19(29)30-9-11-7-22-26-25-11;1-20-7-10-9(3-5-13(10)18)14(20)15(21)19-8-2-4-12(17)11(16)6-8;;/h1-18,20H,19H2;2,4,6-8,16H,3,5,9H2,1H3,(H,23,28)(H,24,29)(H,22,25,26);2,4,6-7,13H,3,5,18H2,1H3,(H,19,21);2*1H4. The van der Waals surface area contributed by atoms with Crippen LogP contribution in [0.5, 0.6) is 0 Å². The highest BCUT2D eigenvalue weighted by atomic mass is 35.5. The van der Waals surface area contributed by atoms with Crippen LogP contribution in [0.2, 0.25) is 10.0 Å². The number of nitrogens with zero attached hydrogens (tertiary/aromatic N) is 9. The number of aryl methyl sites for hydroxylation is 2. The number of halogens is 4. The molecule has 6 N–H and O–H groups in total. The maximum absolute atomic E-state index is 13.3. The number of H-pyrrole nitrogens is 1. The lowest BCUT2D eigenvalue weighted by Gasteiger charge is -2.35. The molecule has 2 aliphatic rings. The van der Waals surface area contributed by atoms with Crippen LogP contribution >= 0.6 is 23.2 Å². The molecule has 12 rings (SSSR count). The minimum Gasteiger partial charge on any atom is -0.443 e. The number of aromatic nitrogens is 10. The van der Waals surface area contributed by atoms with E-state index >= 15 is 0 Å². The van der Waals surface area contributed by atoms with E-state index in [1.165, 1.54) is 65.9 Å². The number of nitrogens with two attached hydrogens (primary N) is 1. The van der Waals surface area contributed by atoms with Gasteiger partial charge in [0.05, 0.1) is 28.5 Å². The normalized spacial score (nSPS) is 13.7. The molecule has 10 aromatic rings. The third-order valence-electron chi connectivity index (χ3n) is 14.2. The molecule has 0 spiro atoms. The van der Waals surface area contributed by atoms with Crippen LogP contribution < -0.4 is 21.7 Å². The number of nitrogens with one attached hydrogen (secondary N) is 4. The van der Waals surface area contributed by atoms with Crippen molar-refractivity contribution in [2.45, 2.75) is 71.4 Å². The van der Waals surface area contributed by atoms with Crippen molar-refractivity contribution in [2.75, 3.05) is 10.6 Å². The van der Waals surface area contributed by atoms with E-state index in [4.69, 9.17) is 38.4 Å². The number of imidazole rings is 1. The lowest BCUT2D eigenvalue weighted by molar-refractivity contribution is 0.101. The fourth-order valence-electron chi connectivity index (χ4n) is 10.4. The number of benzene rings is 5. The fourth-order valence-corrected chi connectivity index (χ4v) is 10.7. The Balaban J connectivity index is 0.000000170. The first-order valence-electron chi connectivity index (χ1n) is 26.3. The summed E-state index contributed by atoms with van der Waals surface area (Å²) in [5.41, 5.74) is 15.1. The van der Waals surface area contributed by atoms with Crippen molar-refractivity contribution >= 4 is 58.6 Å². The Bertz CT molecular complexity index is 3840. The van der Waals surface area contributed by atoms with Gasteiger partial charge < -0.3 is 40.3 Å². The summed E-state index contributed by atoms with van der Waals surface area (Å²) < 4.78 is 43.6. The van der Waals surface area contributed by atoms with Crippen LogP contribution in [0.3, 0.4) is 0 Å². The number of rotatable bonds is 13. The monoisotopic (exact) mass is 1210 g/mol. The van der Waals surface area contributed by atoms with Crippen LogP contribution in [-0.2, 0) is 55.2 Å². The van der Waals surface area contributed by atoms with Gasteiger partial charge in [-0.25, -0.2) is 32.6 Å². The lowest BCUT2D eigenvalue weighted by atomic mass is 9.77. The number of fused-ring (bicyclic) bond motifs is 2. The van der Waals surface area contributed by atoms with E-state index in [9.17, 15) is 28.0 Å². The second-order valence-corrected chi connectivity index (χ2v) is 20.4. The first-order valence-corrected chi connectivity index (χ1v) is 27.1. The molecule has 0 bridgehead atoms. The Kier molecular flexibility index (Phi) is 20.1. The summed E-state index contributed by atoms with van der Waals surface area (Å²) in [6, 6.07) is 38.4. The number of alkyl carbamates (subject to hydrolysis) is 1. The molecule has 2 unspecified atom stereocenters. The largest absolute Gasteiger partial charge is 0.443 e. The van der Waals surface area contributed by atoms with Crippen molar-refractivity contribution < 1.29 is 37.4 Å². The van der Waals surface area contributed by atoms with Gasteiger partial charge in [0, 0.05) is 56.3 Å². The minimum absolute atomic E-state index is 0. The highest BCUT2D eigenvalue weighted by Crippen LogP contribution is 2.41. The molecule has 24 heteroatoms. The average molecular weight is 1210 g/mol. The zero-order chi connectivity index (χ0) is 58.9. The first kappa shape index (κ1) is 62.3. The van der Waals surface area contributed by atoms with Crippen LogP contribution in [0.25, 0.3) is 0 Å².